The van der Waals surface area contributed by atoms with Gasteiger partial charge in [-0.05, 0) is 63.2 Å². The molecule has 5 nitrogen and oxygen atoms in total. The number of halogens is 4. The van der Waals surface area contributed by atoms with Gasteiger partial charge in [-0.3, -0.25) is 4.68 Å². The van der Waals surface area contributed by atoms with Gasteiger partial charge >= 0.3 is 6.18 Å². The largest absolute Gasteiger partial charge is 0.433 e. The third-order valence-corrected chi connectivity index (χ3v) is 6.19. The molecule has 1 N–H and O–H groups in total. The number of pyridine rings is 1. The Kier molecular flexibility index (Phi) is 5.75. The highest BCUT2D eigenvalue weighted by atomic mass is 35.5. The summed E-state index contributed by atoms with van der Waals surface area (Å²) in [4.78, 5) is 6.57. The normalized spacial score (nSPS) is 23.1. The summed E-state index contributed by atoms with van der Waals surface area (Å²) in [5, 5.41) is 7.85. The molecule has 2 aromatic heterocycles. The minimum absolute atomic E-state index is 0.234. The van der Waals surface area contributed by atoms with Crippen molar-refractivity contribution in [2.45, 2.75) is 44.3 Å². The summed E-state index contributed by atoms with van der Waals surface area (Å²) in [6, 6.07) is 3.00. The average molecular weight is 428 g/mol. The van der Waals surface area contributed by atoms with E-state index in [1.807, 2.05) is 0 Å². The molecule has 9 heteroatoms. The van der Waals surface area contributed by atoms with E-state index in [-0.39, 0.29) is 11.7 Å². The first-order valence-corrected chi connectivity index (χ1v) is 10.4. The van der Waals surface area contributed by atoms with Crippen LogP contribution in [-0.4, -0.2) is 45.3 Å². The molecule has 2 fully saturated rings. The summed E-state index contributed by atoms with van der Waals surface area (Å²) in [6.45, 7) is 3.63. The Hall–Kier alpha value is -1.80. The average Bonchev–Trinajstić information content (AvgIpc) is 3.01. The fraction of sp³-hybridized carbons (Fsp3) is 0.600. The van der Waals surface area contributed by atoms with Crippen molar-refractivity contribution in [3.05, 3.63) is 29.2 Å². The van der Waals surface area contributed by atoms with Crippen LogP contribution in [0.4, 0.5) is 18.9 Å². The molecule has 29 heavy (non-hydrogen) atoms. The number of anilines is 1. The Balaban J connectivity index is 1.48. The summed E-state index contributed by atoms with van der Waals surface area (Å²) in [6.07, 6.45) is 2.73. The van der Waals surface area contributed by atoms with Crippen molar-refractivity contribution in [1.29, 1.82) is 0 Å². The second-order valence-electron chi connectivity index (χ2n) is 8.10. The fourth-order valence-electron chi connectivity index (χ4n) is 4.26. The molecule has 0 aromatic carbocycles. The summed E-state index contributed by atoms with van der Waals surface area (Å²) < 4.78 is 40.3. The zero-order chi connectivity index (χ0) is 20.6. The predicted octanol–water partition coefficient (Wildman–Crippen LogP) is 4.83. The van der Waals surface area contributed by atoms with Gasteiger partial charge in [-0.25, -0.2) is 4.98 Å². The molecule has 2 aromatic rings. The number of aromatic nitrogens is 3. The van der Waals surface area contributed by atoms with E-state index in [1.165, 1.54) is 39.3 Å². The van der Waals surface area contributed by atoms with Crippen molar-refractivity contribution >= 4 is 17.3 Å². The maximum absolute atomic E-state index is 13.2. The van der Waals surface area contributed by atoms with Gasteiger partial charge in [0.15, 0.2) is 0 Å². The first kappa shape index (κ1) is 20.5. The van der Waals surface area contributed by atoms with Crippen molar-refractivity contribution in [2.24, 2.45) is 13.0 Å². The smallest absolute Gasteiger partial charge is 0.382 e. The van der Waals surface area contributed by atoms with Crippen molar-refractivity contribution in [2.75, 3.05) is 25.0 Å². The molecule has 0 bridgehead atoms. The summed E-state index contributed by atoms with van der Waals surface area (Å²) in [5.74, 6) is 0.735. The summed E-state index contributed by atoms with van der Waals surface area (Å²) in [5.41, 5.74) is 0.657. The Morgan fingerprint density at radius 2 is 1.90 bits per heavy atom. The molecule has 0 unspecified atom stereocenters. The summed E-state index contributed by atoms with van der Waals surface area (Å²) >= 11 is 6.07. The first-order valence-electron chi connectivity index (χ1n) is 10.1. The minimum atomic E-state index is -4.46. The predicted molar refractivity (Wildman–Crippen MR) is 107 cm³/mol. The molecule has 1 saturated carbocycles. The molecule has 0 atom stereocenters. The van der Waals surface area contributed by atoms with Gasteiger partial charge < -0.3 is 10.2 Å². The summed E-state index contributed by atoms with van der Waals surface area (Å²) in [7, 11) is 1.29. The van der Waals surface area contributed by atoms with Crippen LogP contribution in [0, 0.1) is 5.92 Å². The van der Waals surface area contributed by atoms with Gasteiger partial charge in [0.1, 0.15) is 10.8 Å². The van der Waals surface area contributed by atoms with Crippen LogP contribution in [0.1, 0.15) is 37.8 Å². The maximum Gasteiger partial charge on any atom is 0.433 e. The highest BCUT2D eigenvalue weighted by Crippen LogP contribution is 2.36. The van der Waals surface area contributed by atoms with Crippen LogP contribution < -0.4 is 5.32 Å². The zero-order valence-electron chi connectivity index (χ0n) is 16.3. The van der Waals surface area contributed by atoms with Crippen LogP contribution in [0.15, 0.2) is 18.3 Å². The number of nitrogens with one attached hydrogen (secondary N) is 1. The van der Waals surface area contributed by atoms with Gasteiger partial charge in [-0.15, -0.1) is 0 Å². The van der Waals surface area contributed by atoms with E-state index in [4.69, 9.17) is 11.6 Å². The van der Waals surface area contributed by atoms with Crippen LogP contribution in [-0.2, 0) is 13.2 Å². The van der Waals surface area contributed by atoms with Crippen LogP contribution in [0.25, 0.3) is 11.3 Å². The molecule has 1 saturated heterocycles. The number of alkyl halides is 3. The van der Waals surface area contributed by atoms with Gasteiger partial charge in [0.05, 0.1) is 5.69 Å². The lowest BCUT2D eigenvalue weighted by atomic mass is 9.85. The highest BCUT2D eigenvalue weighted by molar-refractivity contribution is 6.29. The van der Waals surface area contributed by atoms with Crippen LogP contribution in [0.3, 0.4) is 0 Å². The minimum Gasteiger partial charge on any atom is -0.382 e. The molecule has 0 amide bonds. The van der Waals surface area contributed by atoms with Gasteiger partial charge in [0, 0.05) is 37.1 Å². The van der Waals surface area contributed by atoms with E-state index in [2.05, 4.69) is 20.3 Å². The van der Waals surface area contributed by atoms with Crippen LogP contribution >= 0.6 is 11.6 Å². The second-order valence-corrected chi connectivity index (χ2v) is 8.49. The number of nitrogens with zero attached hydrogens (tertiary/aromatic N) is 4. The van der Waals surface area contributed by atoms with Crippen LogP contribution in [0.5, 0.6) is 0 Å². The van der Waals surface area contributed by atoms with Gasteiger partial charge in [0.25, 0.3) is 0 Å². The molecule has 1 aliphatic heterocycles. The Labute approximate surface area is 173 Å². The lowest BCUT2D eigenvalue weighted by molar-refractivity contribution is -0.143. The SMILES string of the molecule is Cn1nc(-c2cnc(Cl)cc2NC2CCC(CN3CCC3)CC2)cc1C(F)(F)F. The Bertz CT molecular complexity index is 854. The first-order chi connectivity index (χ1) is 13.8. The number of hydrogen-bond acceptors (Lipinski definition) is 4. The van der Waals surface area contributed by atoms with Crippen molar-refractivity contribution in [3.63, 3.8) is 0 Å². The topological polar surface area (TPSA) is 46.0 Å². The molecule has 0 radical (unpaired) electrons. The third kappa shape index (κ3) is 4.69. The Morgan fingerprint density at radius 1 is 1.17 bits per heavy atom. The van der Waals surface area contributed by atoms with Gasteiger partial charge in [-0.2, -0.15) is 18.3 Å². The lowest BCUT2D eigenvalue weighted by Gasteiger charge is -2.37. The van der Waals surface area contributed by atoms with Gasteiger partial charge in [-0.1, -0.05) is 11.6 Å². The van der Waals surface area contributed by atoms with E-state index in [0.29, 0.717) is 16.4 Å². The molecule has 2 aliphatic rings. The number of rotatable bonds is 5. The Morgan fingerprint density at radius 3 is 2.48 bits per heavy atom. The molecular formula is C20H25ClF3N5. The van der Waals surface area contributed by atoms with E-state index < -0.39 is 11.9 Å². The maximum atomic E-state index is 13.2. The molecule has 4 rings (SSSR count). The van der Waals surface area contributed by atoms with E-state index in [0.717, 1.165) is 42.3 Å². The molecule has 3 heterocycles. The molecule has 158 valence electrons. The quantitative estimate of drug-likeness (QED) is 0.694. The molecule has 0 spiro atoms. The van der Waals surface area contributed by atoms with E-state index in [9.17, 15) is 13.2 Å². The van der Waals surface area contributed by atoms with Crippen molar-refractivity contribution in [3.8, 4) is 11.3 Å². The number of hydrogen-bond donors (Lipinski definition) is 1. The number of likely N-dealkylation sites (tertiary alicyclic amines) is 1. The van der Waals surface area contributed by atoms with Crippen molar-refractivity contribution < 1.29 is 13.2 Å². The van der Waals surface area contributed by atoms with E-state index >= 15 is 0 Å². The number of aryl methyl sites for hydroxylation is 1. The molecule has 1 aliphatic carbocycles. The highest BCUT2D eigenvalue weighted by Gasteiger charge is 2.35. The van der Waals surface area contributed by atoms with Crippen molar-refractivity contribution in [1.82, 2.24) is 19.7 Å². The third-order valence-electron chi connectivity index (χ3n) is 5.99. The second kappa shape index (κ2) is 8.14. The van der Waals surface area contributed by atoms with Crippen LogP contribution in [0.2, 0.25) is 5.15 Å². The monoisotopic (exact) mass is 427 g/mol. The zero-order valence-corrected chi connectivity index (χ0v) is 17.1. The molecular weight excluding hydrogens is 403 g/mol. The fourth-order valence-corrected chi connectivity index (χ4v) is 4.41. The lowest BCUT2D eigenvalue weighted by Crippen LogP contribution is -2.41. The van der Waals surface area contributed by atoms with Gasteiger partial charge in [0.2, 0.25) is 0 Å². The standard InChI is InChI=1S/C20H25ClF3N5/c1-28-18(20(22,23)24)9-17(27-28)15-11-25-19(21)10-16(15)26-14-5-3-13(4-6-14)12-29-7-2-8-29/h9-11,13-14H,2-8,12H2,1H3,(H,25,26). The van der Waals surface area contributed by atoms with E-state index in [1.54, 1.807) is 6.07 Å².